The first-order chi connectivity index (χ1) is 8.70. The van der Waals surface area contributed by atoms with Crippen LogP contribution in [0, 0.1) is 5.92 Å². The van der Waals surface area contributed by atoms with Crippen LogP contribution in [-0.4, -0.2) is 30.4 Å². The largest absolute Gasteiger partial charge is 0.489 e. The molecule has 3 unspecified atom stereocenters. The van der Waals surface area contributed by atoms with Gasteiger partial charge in [-0.3, -0.25) is 0 Å². The molecular formula is C14H20ClNO2. The van der Waals surface area contributed by atoms with Gasteiger partial charge < -0.3 is 15.2 Å². The number of hydrogen-bond donors (Lipinski definition) is 2. The SMILES string of the molecule is CCC1CC1NCC(O)COc1ccccc1Cl. The third-order valence-electron chi connectivity index (χ3n) is 3.33. The van der Waals surface area contributed by atoms with Gasteiger partial charge in [0.2, 0.25) is 0 Å². The van der Waals surface area contributed by atoms with Gasteiger partial charge in [0.15, 0.2) is 0 Å². The van der Waals surface area contributed by atoms with Crippen molar-refractivity contribution in [3.63, 3.8) is 0 Å². The van der Waals surface area contributed by atoms with Crippen LogP contribution in [0.4, 0.5) is 0 Å². The van der Waals surface area contributed by atoms with E-state index in [1.807, 2.05) is 12.1 Å². The highest BCUT2D eigenvalue weighted by atomic mass is 35.5. The Balaban J connectivity index is 1.66. The minimum absolute atomic E-state index is 0.264. The Hall–Kier alpha value is -0.770. The average molecular weight is 270 g/mol. The maximum Gasteiger partial charge on any atom is 0.138 e. The standard InChI is InChI=1S/C14H20ClNO2/c1-2-10-7-13(10)16-8-11(17)9-18-14-6-4-3-5-12(14)15/h3-6,10-11,13,16-17H,2,7-9H2,1H3. The molecule has 0 spiro atoms. The number of hydrogen-bond acceptors (Lipinski definition) is 3. The van der Waals surface area contributed by atoms with E-state index in [9.17, 15) is 5.11 Å². The van der Waals surface area contributed by atoms with E-state index in [0.29, 0.717) is 23.4 Å². The second-order valence-corrected chi connectivity index (χ2v) is 5.22. The fourth-order valence-corrected chi connectivity index (χ4v) is 2.23. The first kappa shape index (κ1) is 13.7. The highest BCUT2D eigenvalue weighted by Gasteiger charge is 2.34. The van der Waals surface area contributed by atoms with Gasteiger partial charge in [0.1, 0.15) is 18.5 Å². The number of nitrogens with one attached hydrogen (secondary N) is 1. The molecule has 0 bridgehead atoms. The number of aliphatic hydroxyl groups excluding tert-OH is 1. The summed E-state index contributed by atoms with van der Waals surface area (Å²) >= 11 is 5.96. The minimum atomic E-state index is -0.501. The number of benzene rings is 1. The smallest absolute Gasteiger partial charge is 0.138 e. The molecule has 0 heterocycles. The molecule has 18 heavy (non-hydrogen) atoms. The monoisotopic (exact) mass is 269 g/mol. The summed E-state index contributed by atoms with van der Waals surface area (Å²) in [5, 5.41) is 13.7. The number of aliphatic hydroxyl groups is 1. The second kappa shape index (κ2) is 6.41. The molecule has 0 radical (unpaired) electrons. The van der Waals surface area contributed by atoms with Crippen molar-refractivity contribution in [1.29, 1.82) is 0 Å². The van der Waals surface area contributed by atoms with Crippen LogP contribution in [0.5, 0.6) is 5.75 Å². The second-order valence-electron chi connectivity index (χ2n) is 4.81. The Morgan fingerprint density at radius 3 is 2.94 bits per heavy atom. The number of rotatable bonds is 7. The van der Waals surface area contributed by atoms with Gasteiger partial charge in [0.25, 0.3) is 0 Å². The Morgan fingerprint density at radius 1 is 1.50 bits per heavy atom. The van der Waals surface area contributed by atoms with Crippen LogP contribution in [-0.2, 0) is 0 Å². The van der Waals surface area contributed by atoms with Gasteiger partial charge in [-0.2, -0.15) is 0 Å². The lowest BCUT2D eigenvalue weighted by Gasteiger charge is -2.14. The normalized spacial score (nSPS) is 23.7. The highest BCUT2D eigenvalue weighted by Crippen LogP contribution is 2.32. The van der Waals surface area contributed by atoms with E-state index in [0.717, 1.165) is 5.92 Å². The summed E-state index contributed by atoms with van der Waals surface area (Å²) in [6.45, 7) is 3.04. The summed E-state index contributed by atoms with van der Waals surface area (Å²) in [6.07, 6.45) is 1.94. The Bertz CT molecular complexity index is 386. The maximum atomic E-state index is 9.81. The third-order valence-corrected chi connectivity index (χ3v) is 3.64. The van der Waals surface area contributed by atoms with Gasteiger partial charge in [-0.1, -0.05) is 37.1 Å². The molecule has 0 aromatic heterocycles. The molecule has 3 nitrogen and oxygen atoms in total. The van der Waals surface area contributed by atoms with E-state index in [2.05, 4.69) is 12.2 Å². The summed E-state index contributed by atoms with van der Waals surface area (Å²) in [5.41, 5.74) is 0. The highest BCUT2D eigenvalue weighted by molar-refractivity contribution is 6.32. The van der Waals surface area contributed by atoms with Crippen LogP contribution in [0.15, 0.2) is 24.3 Å². The average Bonchev–Trinajstić information content (AvgIpc) is 3.14. The molecule has 1 aliphatic carbocycles. The zero-order valence-electron chi connectivity index (χ0n) is 10.6. The number of halogens is 1. The lowest BCUT2D eigenvalue weighted by molar-refractivity contribution is 0.106. The van der Waals surface area contributed by atoms with Crippen molar-refractivity contribution in [2.45, 2.75) is 31.9 Å². The quantitative estimate of drug-likeness (QED) is 0.799. The molecule has 1 aromatic rings. The predicted molar refractivity (Wildman–Crippen MR) is 73.1 cm³/mol. The molecule has 0 amide bonds. The van der Waals surface area contributed by atoms with Crippen molar-refractivity contribution in [3.05, 3.63) is 29.3 Å². The third kappa shape index (κ3) is 3.87. The molecular weight excluding hydrogens is 250 g/mol. The molecule has 1 saturated carbocycles. The van der Waals surface area contributed by atoms with Crippen LogP contribution >= 0.6 is 11.6 Å². The van der Waals surface area contributed by atoms with Crippen LogP contribution in [0.25, 0.3) is 0 Å². The van der Waals surface area contributed by atoms with Crippen molar-refractivity contribution in [3.8, 4) is 5.75 Å². The number of ether oxygens (including phenoxy) is 1. The van der Waals surface area contributed by atoms with Gasteiger partial charge in [-0.25, -0.2) is 0 Å². The van der Waals surface area contributed by atoms with Crippen molar-refractivity contribution in [2.75, 3.05) is 13.2 Å². The molecule has 1 aromatic carbocycles. The first-order valence-electron chi connectivity index (χ1n) is 6.49. The van der Waals surface area contributed by atoms with Gasteiger partial charge in [-0.05, 0) is 24.5 Å². The summed E-state index contributed by atoms with van der Waals surface area (Å²) in [5.74, 6) is 1.41. The van der Waals surface area contributed by atoms with Crippen LogP contribution in [0.2, 0.25) is 5.02 Å². The first-order valence-corrected chi connectivity index (χ1v) is 6.87. The minimum Gasteiger partial charge on any atom is -0.489 e. The zero-order chi connectivity index (χ0) is 13.0. The van der Waals surface area contributed by atoms with Crippen molar-refractivity contribution in [2.24, 2.45) is 5.92 Å². The van der Waals surface area contributed by atoms with Crippen molar-refractivity contribution in [1.82, 2.24) is 5.32 Å². The lowest BCUT2D eigenvalue weighted by Crippen LogP contribution is -2.33. The fraction of sp³-hybridized carbons (Fsp3) is 0.571. The molecule has 2 N–H and O–H groups in total. The molecule has 0 aliphatic heterocycles. The van der Waals surface area contributed by atoms with E-state index < -0.39 is 6.10 Å². The van der Waals surface area contributed by atoms with Crippen LogP contribution < -0.4 is 10.1 Å². The van der Waals surface area contributed by atoms with Gasteiger partial charge in [-0.15, -0.1) is 0 Å². The summed E-state index contributed by atoms with van der Waals surface area (Å²) in [4.78, 5) is 0. The molecule has 4 heteroatoms. The number of para-hydroxylation sites is 1. The summed E-state index contributed by atoms with van der Waals surface area (Å²) in [7, 11) is 0. The summed E-state index contributed by atoms with van der Waals surface area (Å²) < 4.78 is 5.48. The Kier molecular flexibility index (Phi) is 4.87. The predicted octanol–water partition coefficient (Wildman–Crippen LogP) is 2.47. The summed E-state index contributed by atoms with van der Waals surface area (Å²) in [6, 6.07) is 7.88. The van der Waals surface area contributed by atoms with E-state index in [1.165, 1.54) is 12.8 Å². The maximum absolute atomic E-state index is 9.81. The van der Waals surface area contributed by atoms with Gasteiger partial charge in [0.05, 0.1) is 5.02 Å². The van der Waals surface area contributed by atoms with E-state index >= 15 is 0 Å². The van der Waals surface area contributed by atoms with Crippen LogP contribution in [0.3, 0.4) is 0 Å². The molecule has 1 aliphatic rings. The fourth-order valence-electron chi connectivity index (χ4n) is 2.04. The van der Waals surface area contributed by atoms with Crippen molar-refractivity contribution >= 4 is 11.6 Å². The topological polar surface area (TPSA) is 41.5 Å². The lowest BCUT2D eigenvalue weighted by atomic mass is 10.3. The molecule has 2 rings (SSSR count). The molecule has 0 saturated heterocycles. The molecule has 3 atom stereocenters. The van der Waals surface area contributed by atoms with Crippen LogP contribution in [0.1, 0.15) is 19.8 Å². The van der Waals surface area contributed by atoms with E-state index in [-0.39, 0.29) is 6.61 Å². The van der Waals surface area contributed by atoms with Crippen molar-refractivity contribution < 1.29 is 9.84 Å². The zero-order valence-corrected chi connectivity index (χ0v) is 11.4. The van der Waals surface area contributed by atoms with Gasteiger partial charge >= 0.3 is 0 Å². The Labute approximate surface area is 113 Å². The van der Waals surface area contributed by atoms with E-state index in [1.54, 1.807) is 12.1 Å². The van der Waals surface area contributed by atoms with Gasteiger partial charge in [0, 0.05) is 12.6 Å². The molecule has 100 valence electrons. The molecule has 1 fully saturated rings. The van der Waals surface area contributed by atoms with E-state index in [4.69, 9.17) is 16.3 Å². The Morgan fingerprint density at radius 2 is 2.28 bits per heavy atom.